The van der Waals surface area contributed by atoms with Crippen LogP contribution in [0.2, 0.25) is 0 Å². The maximum Gasteiger partial charge on any atom is 0.123 e. The first-order valence-electron chi connectivity index (χ1n) is 8.00. The summed E-state index contributed by atoms with van der Waals surface area (Å²) in [6.07, 6.45) is 2.60. The van der Waals surface area contributed by atoms with Crippen molar-refractivity contribution in [3.63, 3.8) is 0 Å². The predicted octanol–water partition coefficient (Wildman–Crippen LogP) is 4.95. The van der Waals surface area contributed by atoms with Gasteiger partial charge in [0.1, 0.15) is 5.82 Å². The van der Waals surface area contributed by atoms with Crippen LogP contribution in [0.5, 0.6) is 0 Å². The molecule has 3 heteroatoms. The fraction of sp³-hybridized carbons (Fsp3) is 0.350. The van der Waals surface area contributed by atoms with Gasteiger partial charge in [-0.05, 0) is 80.1 Å². The summed E-state index contributed by atoms with van der Waals surface area (Å²) in [5, 5.41) is 0. The number of aliphatic imine (C=N–C) groups is 1. The molecule has 2 aromatic carbocycles. The molecule has 2 aromatic rings. The zero-order chi connectivity index (χ0) is 17.0. The Labute approximate surface area is 138 Å². The van der Waals surface area contributed by atoms with E-state index in [1.165, 1.54) is 17.2 Å². The average molecular weight is 312 g/mol. The van der Waals surface area contributed by atoms with E-state index in [0.29, 0.717) is 0 Å². The Bertz CT molecular complexity index is 720. The van der Waals surface area contributed by atoms with Crippen molar-refractivity contribution in [2.75, 3.05) is 13.6 Å². The van der Waals surface area contributed by atoms with Gasteiger partial charge in [-0.2, -0.15) is 0 Å². The van der Waals surface area contributed by atoms with Crippen molar-refractivity contribution in [2.24, 2.45) is 4.99 Å². The van der Waals surface area contributed by atoms with Crippen molar-refractivity contribution in [3.05, 3.63) is 64.0 Å². The Kier molecular flexibility index (Phi) is 5.54. The summed E-state index contributed by atoms with van der Waals surface area (Å²) in [7, 11) is 2.01. The normalized spacial score (nSPS) is 11.2. The molecule has 0 aliphatic rings. The number of halogens is 1. The van der Waals surface area contributed by atoms with E-state index in [-0.39, 0.29) is 5.82 Å². The number of benzene rings is 2. The highest BCUT2D eigenvalue weighted by Gasteiger charge is 2.07. The Morgan fingerprint density at radius 1 is 1.00 bits per heavy atom. The van der Waals surface area contributed by atoms with Crippen LogP contribution in [-0.4, -0.2) is 24.8 Å². The lowest BCUT2D eigenvalue weighted by Gasteiger charge is -2.13. The average Bonchev–Trinajstić information content (AvgIpc) is 2.52. The molecule has 122 valence electrons. The minimum Gasteiger partial charge on any atom is -0.366 e. The molecule has 0 N–H and O–H groups in total. The summed E-state index contributed by atoms with van der Waals surface area (Å²) in [6.45, 7) is 9.20. The minimum atomic E-state index is -0.177. The molecule has 0 saturated carbocycles. The molecule has 0 aliphatic carbocycles. The topological polar surface area (TPSA) is 15.6 Å². The summed E-state index contributed by atoms with van der Waals surface area (Å²) >= 11 is 0. The molecule has 0 radical (unpaired) electrons. The molecule has 0 aromatic heterocycles. The second-order valence-corrected chi connectivity index (χ2v) is 6.13. The third-order valence-corrected chi connectivity index (χ3v) is 4.24. The lowest BCUT2D eigenvalue weighted by atomic mass is 9.95. The summed E-state index contributed by atoms with van der Waals surface area (Å²) in [4.78, 5) is 6.60. The van der Waals surface area contributed by atoms with Crippen LogP contribution in [0.25, 0.3) is 0 Å². The smallest absolute Gasteiger partial charge is 0.123 e. The van der Waals surface area contributed by atoms with Gasteiger partial charge in [-0.1, -0.05) is 12.1 Å². The molecular weight excluding hydrogens is 287 g/mol. The van der Waals surface area contributed by atoms with Crippen molar-refractivity contribution >= 4 is 12.0 Å². The molecular formula is C20H25FN2. The Balaban J connectivity index is 2.29. The van der Waals surface area contributed by atoms with Gasteiger partial charge in [-0.25, -0.2) is 9.38 Å². The maximum atomic E-state index is 13.5. The van der Waals surface area contributed by atoms with E-state index in [1.54, 1.807) is 6.07 Å². The fourth-order valence-corrected chi connectivity index (χ4v) is 2.47. The molecule has 0 unspecified atom stereocenters. The molecule has 0 heterocycles. The van der Waals surface area contributed by atoms with Gasteiger partial charge in [-0.15, -0.1) is 0 Å². The van der Waals surface area contributed by atoms with E-state index in [2.05, 4.69) is 37.9 Å². The third kappa shape index (κ3) is 4.41. The summed E-state index contributed by atoms with van der Waals surface area (Å²) in [6, 6.07) is 9.26. The standard InChI is InChI=1S/C20H25FN2/c1-6-23(5)13-22-20-10-15(3)17(9-16(20)4)11-18-12-19(21)8-7-14(18)2/h7-10,12-13H,6,11H2,1-5H3. The SMILES string of the molecule is CCN(C)C=Nc1cc(C)c(Cc2cc(F)ccc2C)cc1C. The van der Waals surface area contributed by atoms with Crippen LogP contribution in [0, 0.1) is 26.6 Å². The highest BCUT2D eigenvalue weighted by Crippen LogP contribution is 2.26. The molecule has 0 spiro atoms. The number of aryl methyl sites for hydroxylation is 3. The molecule has 0 atom stereocenters. The van der Waals surface area contributed by atoms with Crippen LogP contribution < -0.4 is 0 Å². The van der Waals surface area contributed by atoms with E-state index in [1.807, 2.05) is 31.3 Å². The summed E-state index contributed by atoms with van der Waals surface area (Å²) < 4.78 is 13.5. The lowest BCUT2D eigenvalue weighted by molar-refractivity contribution is 0.552. The largest absolute Gasteiger partial charge is 0.366 e. The molecule has 2 rings (SSSR count). The Morgan fingerprint density at radius 3 is 2.39 bits per heavy atom. The van der Waals surface area contributed by atoms with Crippen LogP contribution >= 0.6 is 0 Å². The van der Waals surface area contributed by atoms with E-state index in [4.69, 9.17) is 0 Å². The predicted molar refractivity (Wildman–Crippen MR) is 96.3 cm³/mol. The van der Waals surface area contributed by atoms with E-state index < -0.39 is 0 Å². The maximum absolute atomic E-state index is 13.5. The van der Waals surface area contributed by atoms with Gasteiger partial charge < -0.3 is 4.90 Å². The summed E-state index contributed by atoms with van der Waals surface area (Å²) in [5.41, 5.74) is 6.69. The van der Waals surface area contributed by atoms with E-state index >= 15 is 0 Å². The zero-order valence-corrected chi connectivity index (χ0v) is 14.7. The monoisotopic (exact) mass is 312 g/mol. The Morgan fingerprint density at radius 2 is 1.70 bits per heavy atom. The first-order chi connectivity index (χ1) is 10.9. The van der Waals surface area contributed by atoms with E-state index in [0.717, 1.165) is 35.3 Å². The molecule has 0 saturated heterocycles. The van der Waals surface area contributed by atoms with Gasteiger partial charge in [0.25, 0.3) is 0 Å². The number of hydrogen-bond acceptors (Lipinski definition) is 1. The zero-order valence-electron chi connectivity index (χ0n) is 14.7. The van der Waals surface area contributed by atoms with Crippen LogP contribution in [0.4, 0.5) is 10.1 Å². The minimum absolute atomic E-state index is 0.177. The molecule has 23 heavy (non-hydrogen) atoms. The molecule has 0 bridgehead atoms. The first-order valence-corrected chi connectivity index (χ1v) is 8.00. The highest BCUT2D eigenvalue weighted by atomic mass is 19.1. The van der Waals surface area contributed by atoms with Gasteiger partial charge in [0.2, 0.25) is 0 Å². The molecule has 0 amide bonds. The van der Waals surface area contributed by atoms with Crippen molar-refractivity contribution in [3.8, 4) is 0 Å². The highest BCUT2D eigenvalue weighted by molar-refractivity contribution is 5.64. The van der Waals surface area contributed by atoms with Gasteiger partial charge >= 0.3 is 0 Å². The Hall–Kier alpha value is -2.16. The van der Waals surface area contributed by atoms with Gasteiger partial charge in [-0.3, -0.25) is 0 Å². The number of rotatable bonds is 5. The molecule has 0 aliphatic heterocycles. The van der Waals surface area contributed by atoms with Crippen LogP contribution in [0.3, 0.4) is 0 Å². The van der Waals surface area contributed by atoms with Gasteiger partial charge in [0, 0.05) is 13.6 Å². The molecule has 2 nitrogen and oxygen atoms in total. The van der Waals surface area contributed by atoms with Crippen LogP contribution in [-0.2, 0) is 6.42 Å². The number of nitrogens with zero attached hydrogens (tertiary/aromatic N) is 2. The summed E-state index contributed by atoms with van der Waals surface area (Å²) in [5.74, 6) is -0.177. The van der Waals surface area contributed by atoms with Crippen molar-refractivity contribution < 1.29 is 4.39 Å². The van der Waals surface area contributed by atoms with Crippen LogP contribution in [0.15, 0.2) is 35.3 Å². The van der Waals surface area contributed by atoms with E-state index in [9.17, 15) is 4.39 Å². The van der Waals surface area contributed by atoms with Gasteiger partial charge in [0.05, 0.1) is 12.0 Å². The second-order valence-electron chi connectivity index (χ2n) is 6.13. The van der Waals surface area contributed by atoms with Crippen molar-refractivity contribution in [1.29, 1.82) is 0 Å². The second kappa shape index (κ2) is 7.40. The first kappa shape index (κ1) is 17.2. The number of hydrogen-bond donors (Lipinski definition) is 0. The fourth-order valence-electron chi connectivity index (χ4n) is 2.47. The van der Waals surface area contributed by atoms with Crippen LogP contribution in [0.1, 0.15) is 34.7 Å². The van der Waals surface area contributed by atoms with Gasteiger partial charge in [0.15, 0.2) is 0 Å². The van der Waals surface area contributed by atoms with Crippen molar-refractivity contribution in [1.82, 2.24) is 4.90 Å². The molecule has 0 fully saturated rings. The van der Waals surface area contributed by atoms with Crippen molar-refractivity contribution in [2.45, 2.75) is 34.1 Å². The quantitative estimate of drug-likeness (QED) is 0.563. The lowest BCUT2D eigenvalue weighted by Crippen LogP contribution is -2.14. The third-order valence-electron chi connectivity index (χ3n) is 4.24.